The number of fused-ring (bicyclic) bond motifs is 1. The van der Waals surface area contributed by atoms with Gasteiger partial charge in [0.1, 0.15) is 11.5 Å². The Bertz CT molecular complexity index is 459. The Morgan fingerprint density at radius 2 is 2.40 bits per heavy atom. The van der Waals surface area contributed by atoms with Crippen LogP contribution in [0.25, 0.3) is 5.78 Å². The summed E-state index contributed by atoms with van der Waals surface area (Å²) in [6.07, 6.45) is 1.92. The van der Waals surface area contributed by atoms with Crippen molar-refractivity contribution in [1.29, 1.82) is 0 Å². The SMILES string of the molecule is OCCCOc1cc(Cl)nc2ncnn12. The standard InChI is InChI=1S/C8H9ClN4O2/c9-6-4-7(15-3-1-2-14)13-8(12-6)10-5-11-13/h4-5,14H,1-3H2. The molecule has 0 radical (unpaired) electrons. The maximum absolute atomic E-state index is 8.62. The number of rotatable bonds is 4. The van der Waals surface area contributed by atoms with Gasteiger partial charge < -0.3 is 9.84 Å². The number of nitrogens with zero attached hydrogens (tertiary/aromatic N) is 4. The van der Waals surface area contributed by atoms with Crippen LogP contribution in [-0.4, -0.2) is 37.9 Å². The van der Waals surface area contributed by atoms with Crippen LogP contribution in [-0.2, 0) is 0 Å². The summed E-state index contributed by atoms with van der Waals surface area (Å²) < 4.78 is 6.82. The molecule has 0 aliphatic rings. The third-order valence-corrected chi connectivity index (χ3v) is 1.93. The molecule has 7 heteroatoms. The summed E-state index contributed by atoms with van der Waals surface area (Å²) in [5.74, 6) is 0.859. The van der Waals surface area contributed by atoms with Gasteiger partial charge in [-0.15, -0.1) is 0 Å². The lowest BCUT2D eigenvalue weighted by molar-refractivity contribution is 0.226. The van der Waals surface area contributed by atoms with Crippen LogP contribution in [0.1, 0.15) is 6.42 Å². The summed E-state index contributed by atoms with van der Waals surface area (Å²) >= 11 is 5.77. The largest absolute Gasteiger partial charge is 0.477 e. The summed E-state index contributed by atoms with van der Waals surface area (Å²) in [7, 11) is 0. The van der Waals surface area contributed by atoms with Crippen molar-refractivity contribution in [1.82, 2.24) is 19.6 Å². The predicted octanol–water partition coefficient (Wildman–Crippen LogP) is 0.539. The summed E-state index contributed by atoms with van der Waals surface area (Å²) in [6.45, 7) is 0.477. The number of hydrogen-bond donors (Lipinski definition) is 1. The van der Waals surface area contributed by atoms with Crippen molar-refractivity contribution in [2.75, 3.05) is 13.2 Å². The van der Waals surface area contributed by atoms with Crippen LogP contribution < -0.4 is 4.74 Å². The predicted molar refractivity (Wildman–Crippen MR) is 53.0 cm³/mol. The highest BCUT2D eigenvalue weighted by Crippen LogP contribution is 2.16. The zero-order valence-corrected chi connectivity index (χ0v) is 8.55. The molecule has 2 heterocycles. The number of ether oxygens (including phenoxy) is 1. The Morgan fingerprint density at radius 1 is 1.53 bits per heavy atom. The van der Waals surface area contributed by atoms with E-state index >= 15 is 0 Å². The number of aliphatic hydroxyl groups is 1. The zero-order chi connectivity index (χ0) is 10.7. The molecular formula is C8H9ClN4O2. The molecule has 1 N–H and O–H groups in total. The topological polar surface area (TPSA) is 72.5 Å². The van der Waals surface area contributed by atoms with Gasteiger partial charge in [0.25, 0.3) is 5.78 Å². The molecule has 2 aromatic rings. The van der Waals surface area contributed by atoms with Gasteiger partial charge in [0, 0.05) is 19.1 Å². The Labute approximate surface area is 90.5 Å². The lowest BCUT2D eigenvalue weighted by atomic mass is 10.5. The van der Waals surface area contributed by atoms with Gasteiger partial charge >= 0.3 is 0 Å². The molecule has 0 amide bonds. The van der Waals surface area contributed by atoms with E-state index in [9.17, 15) is 0 Å². The van der Waals surface area contributed by atoms with Gasteiger partial charge in [0.05, 0.1) is 6.61 Å². The number of halogens is 1. The first-order valence-corrected chi connectivity index (χ1v) is 4.79. The lowest BCUT2D eigenvalue weighted by Crippen LogP contribution is -2.05. The molecule has 80 valence electrons. The smallest absolute Gasteiger partial charge is 0.256 e. The Morgan fingerprint density at radius 3 is 3.20 bits per heavy atom. The van der Waals surface area contributed by atoms with E-state index in [0.717, 1.165) is 0 Å². The second-order valence-electron chi connectivity index (χ2n) is 2.81. The summed E-state index contributed by atoms with van der Waals surface area (Å²) in [6, 6.07) is 1.56. The summed E-state index contributed by atoms with van der Waals surface area (Å²) in [5, 5.41) is 12.9. The monoisotopic (exact) mass is 228 g/mol. The third-order valence-electron chi connectivity index (χ3n) is 1.74. The van der Waals surface area contributed by atoms with Crippen molar-refractivity contribution in [3.8, 4) is 5.88 Å². The third kappa shape index (κ3) is 2.16. The van der Waals surface area contributed by atoms with Gasteiger partial charge in [-0.05, 0) is 0 Å². The van der Waals surface area contributed by atoms with Crippen LogP contribution in [0, 0.1) is 0 Å². The molecule has 6 nitrogen and oxygen atoms in total. The van der Waals surface area contributed by atoms with Gasteiger partial charge in [-0.3, -0.25) is 0 Å². The van der Waals surface area contributed by atoms with E-state index in [1.54, 1.807) is 6.07 Å². The van der Waals surface area contributed by atoms with E-state index < -0.39 is 0 Å². The van der Waals surface area contributed by atoms with Crippen LogP contribution in [0.4, 0.5) is 0 Å². The molecular weight excluding hydrogens is 220 g/mol. The maximum atomic E-state index is 8.62. The van der Waals surface area contributed by atoms with Crippen LogP contribution in [0.5, 0.6) is 5.88 Å². The first-order chi connectivity index (χ1) is 7.31. The van der Waals surface area contributed by atoms with Gasteiger partial charge in [-0.25, -0.2) is 0 Å². The van der Waals surface area contributed by atoms with Gasteiger partial charge in [0.2, 0.25) is 5.88 Å². The molecule has 0 bridgehead atoms. The second-order valence-corrected chi connectivity index (χ2v) is 3.20. The fraction of sp³-hybridized carbons (Fsp3) is 0.375. The lowest BCUT2D eigenvalue weighted by Gasteiger charge is -2.06. The van der Waals surface area contributed by atoms with Crippen molar-refractivity contribution in [2.24, 2.45) is 0 Å². The first-order valence-electron chi connectivity index (χ1n) is 4.41. The van der Waals surface area contributed by atoms with Crippen LogP contribution in [0.3, 0.4) is 0 Å². The number of hydrogen-bond acceptors (Lipinski definition) is 5. The molecule has 0 fully saturated rings. The van der Waals surface area contributed by atoms with E-state index in [4.69, 9.17) is 21.4 Å². The molecule has 0 aromatic carbocycles. The fourth-order valence-corrected chi connectivity index (χ4v) is 1.27. The summed E-state index contributed by atoms with van der Waals surface area (Å²) in [4.78, 5) is 7.85. The van der Waals surface area contributed by atoms with Crippen molar-refractivity contribution >= 4 is 17.4 Å². The minimum Gasteiger partial charge on any atom is -0.477 e. The normalized spacial score (nSPS) is 10.8. The van der Waals surface area contributed by atoms with Crippen LogP contribution >= 0.6 is 11.6 Å². The average molecular weight is 229 g/mol. The van der Waals surface area contributed by atoms with Crippen molar-refractivity contribution in [3.05, 3.63) is 17.5 Å². The highest BCUT2D eigenvalue weighted by Gasteiger charge is 2.06. The minimum absolute atomic E-state index is 0.0827. The van der Waals surface area contributed by atoms with E-state index in [-0.39, 0.29) is 6.61 Å². The van der Waals surface area contributed by atoms with E-state index in [2.05, 4.69) is 15.1 Å². The molecule has 0 aliphatic carbocycles. The van der Waals surface area contributed by atoms with E-state index in [1.807, 2.05) is 0 Å². The van der Waals surface area contributed by atoms with E-state index in [1.165, 1.54) is 10.8 Å². The van der Waals surface area contributed by atoms with Gasteiger partial charge in [-0.2, -0.15) is 19.6 Å². The molecule has 2 rings (SSSR count). The molecule has 0 spiro atoms. The highest BCUT2D eigenvalue weighted by atomic mass is 35.5. The molecule has 0 saturated carbocycles. The minimum atomic E-state index is 0.0827. The molecule has 0 saturated heterocycles. The van der Waals surface area contributed by atoms with Gasteiger partial charge in [-0.1, -0.05) is 11.6 Å². The van der Waals surface area contributed by atoms with Gasteiger partial charge in [0.15, 0.2) is 0 Å². The quantitative estimate of drug-likeness (QED) is 0.611. The second kappa shape index (κ2) is 4.41. The maximum Gasteiger partial charge on any atom is 0.256 e. The molecule has 15 heavy (non-hydrogen) atoms. The number of aliphatic hydroxyl groups excluding tert-OH is 1. The van der Waals surface area contributed by atoms with Crippen LogP contribution in [0.15, 0.2) is 12.4 Å². The Balaban J connectivity index is 2.27. The number of aromatic nitrogens is 4. The van der Waals surface area contributed by atoms with Crippen molar-refractivity contribution in [3.63, 3.8) is 0 Å². The Hall–Kier alpha value is -1.40. The summed E-state index contributed by atoms with van der Waals surface area (Å²) in [5.41, 5.74) is 0. The highest BCUT2D eigenvalue weighted by molar-refractivity contribution is 6.29. The Kier molecular flexibility index (Phi) is 2.98. The zero-order valence-electron chi connectivity index (χ0n) is 7.80. The molecule has 2 aromatic heterocycles. The average Bonchev–Trinajstić information content (AvgIpc) is 2.65. The first kappa shape index (κ1) is 10.1. The molecule has 0 atom stereocenters. The fourth-order valence-electron chi connectivity index (χ4n) is 1.10. The van der Waals surface area contributed by atoms with Crippen LogP contribution in [0.2, 0.25) is 5.15 Å². The molecule has 0 unspecified atom stereocenters. The molecule has 0 aliphatic heterocycles. The van der Waals surface area contributed by atoms with Crippen molar-refractivity contribution in [2.45, 2.75) is 6.42 Å². The van der Waals surface area contributed by atoms with Crippen molar-refractivity contribution < 1.29 is 9.84 Å². The van der Waals surface area contributed by atoms with E-state index in [0.29, 0.717) is 29.8 Å².